The Kier molecular flexibility index (Phi) is 8.01. The molecule has 0 spiro atoms. The smallest absolute Gasteiger partial charge is 0.313 e. The van der Waals surface area contributed by atoms with E-state index in [0.29, 0.717) is 0 Å². The molecular formula is C10H20N2O3S. The van der Waals surface area contributed by atoms with Crippen LogP contribution in [-0.4, -0.2) is 60.1 Å². The van der Waals surface area contributed by atoms with E-state index in [2.05, 4.69) is 10.2 Å². The lowest BCUT2D eigenvalue weighted by Gasteiger charge is -2.16. The van der Waals surface area contributed by atoms with Gasteiger partial charge in [0.1, 0.15) is 0 Å². The van der Waals surface area contributed by atoms with E-state index in [1.54, 1.807) is 0 Å². The number of amides is 1. The Morgan fingerprint density at radius 3 is 2.50 bits per heavy atom. The van der Waals surface area contributed by atoms with Crippen LogP contribution in [0.3, 0.4) is 0 Å². The third kappa shape index (κ3) is 9.79. The van der Waals surface area contributed by atoms with Crippen LogP contribution >= 0.6 is 11.8 Å². The minimum atomic E-state index is -0.890. The highest BCUT2D eigenvalue weighted by atomic mass is 32.2. The van der Waals surface area contributed by atoms with Crippen molar-refractivity contribution >= 4 is 23.6 Å². The molecule has 94 valence electrons. The molecule has 1 unspecified atom stereocenters. The van der Waals surface area contributed by atoms with Gasteiger partial charge < -0.3 is 15.3 Å². The molecule has 0 saturated carbocycles. The third-order valence-corrected chi connectivity index (χ3v) is 2.79. The Balaban J connectivity index is 3.58. The largest absolute Gasteiger partial charge is 0.481 e. The van der Waals surface area contributed by atoms with Crippen molar-refractivity contribution in [2.75, 3.05) is 32.1 Å². The number of carbonyl (C=O) groups is 2. The van der Waals surface area contributed by atoms with Gasteiger partial charge in [-0.1, -0.05) is 0 Å². The van der Waals surface area contributed by atoms with Crippen molar-refractivity contribution < 1.29 is 14.7 Å². The number of hydrogen-bond acceptors (Lipinski definition) is 4. The van der Waals surface area contributed by atoms with Crippen molar-refractivity contribution in [3.8, 4) is 0 Å². The lowest BCUT2D eigenvalue weighted by atomic mass is 10.2. The Bertz CT molecular complexity index is 234. The quantitative estimate of drug-likeness (QED) is 0.645. The highest BCUT2D eigenvalue weighted by molar-refractivity contribution is 8.00. The fraction of sp³-hybridized carbons (Fsp3) is 0.800. The molecule has 0 aromatic heterocycles. The van der Waals surface area contributed by atoms with Gasteiger partial charge in [0, 0.05) is 6.04 Å². The third-order valence-electron chi connectivity index (χ3n) is 1.88. The molecule has 1 amide bonds. The van der Waals surface area contributed by atoms with Gasteiger partial charge in [-0.25, -0.2) is 0 Å². The van der Waals surface area contributed by atoms with Gasteiger partial charge in [-0.15, -0.1) is 11.8 Å². The summed E-state index contributed by atoms with van der Waals surface area (Å²) < 4.78 is 0. The zero-order valence-electron chi connectivity index (χ0n) is 10.0. The van der Waals surface area contributed by atoms with E-state index in [-0.39, 0.29) is 23.5 Å². The van der Waals surface area contributed by atoms with Gasteiger partial charge >= 0.3 is 5.97 Å². The predicted octanol–water partition coefficient (Wildman–Crippen LogP) is 0.261. The minimum Gasteiger partial charge on any atom is -0.481 e. The van der Waals surface area contributed by atoms with Crippen molar-refractivity contribution in [2.24, 2.45) is 0 Å². The molecule has 0 fully saturated rings. The number of rotatable bonds is 8. The van der Waals surface area contributed by atoms with Gasteiger partial charge in [-0.3, -0.25) is 9.59 Å². The summed E-state index contributed by atoms with van der Waals surface area (Å²) in [5, 5.41) is 11.2. The monoisotopic (exact) mass is 248 g/mol. The van der Waals surface area contributed by atoms with E-state index in [9.17, 15) is 9.59 Å². The zero-order valence-corrected chi connectivity index (χ0v) is 10.8. The first kappa shape index (κ1) is 15.2. The number of nitrogens with zero attached hydrogens (tertiary/aromatic N) is 1. The van der Waals surface area contributed by atoms with Crippen LogP contribution in [0.1, 0.15) is 13.3 Å². The molecule has 0 rings (SSSR count). The van der Waals surface area contributed by atoms with Crippen molar-refractivity contribution in [1.29, 1.82) is 0 Å². The zero-order chi connectivity index (χ0) is 12.6. The molecule has 0 aliphatic carbocycles. The van der Waals surface area contributed by atoms with Crippen LogP contribution in [0, 0.1) is 0 Å². The number of carboxylic acids is 1. The predicted molar refractivity (Wildman–Crippen MR) is 65.7 cm³/mol. The van der Waals surface area contributed by atoms with Gasteiger partial charge in [0.15, 0.2) is 0 Å². The van der Waals surface area contributed by atoms with Crippen LogP contribution in [0.15, 0.2) is 0 Å². The van der Waals surface area contributed by atoms with E-state index in [0.717, 1.165) is 24.7 Å². The number of aliphatic carboxylic acids is 1. The van der Waals surface area contributed by atoms with Crippen molar-refractivity contribution in [1.82, 2.24) is 10.2 Å². The molecule has 16 heavy (non-hydrogen) atoms. The summed E-state index contributed by atoms with van der Waals surface area (Å²) >= 11 is 1.11. The minimum absolute atomic E-state index is 0.0283. The molecule has 0 aliphatic rings. The molecule has 5 nitrogen and oxygen atoms in total. The number of nitrogens with one attached hydrogen (secondary N) is 1. The Morgan fingerprint density at radius 1 is 1.38 bits per heavy atom. The second-order valence-corrected chi connectivity index (χ2v) is 4.93. The van der Waals surface area contributed by atoms with Crippen LogP contribution in [0.2, 0.25) is 0 Å². The van der Waals surface area contributed by atoms with Crippen LogP contribution in [0.4, 0.5) is 0 Å². The summed E-state index contributed by atoms with van der Waals surface area (Å²) in [6, 6.07) is 0.125. The standard InChI is InChI=1S/C10H20N2O3S/c1-8(4-5-12(2)3)11-9(13)6-16-7-10(14)15/h8H,4-7H2,1-3H3,(H,11,13)(H,14,15). The fourth-order valence-corrected chi connectivity index (χ4v) is 1.62. The molecule has 0 heterocycles. The normalized spacial score (nSPS) is 12.5. The average Bonchev–Trinajstić information content (AvgIpc) is 2.14. The molecule has 0 saturated heterocycles. The van der Waals surface area contributed by atoms with Crippen molar-refractivity contribution in [3.63, 3.8) is 0 Å². The summed E-state index contributed by atoms with van der Waals surface area (Å²) in [5.74, 6) is -0.811. The lowest BCUT2D eigenvalue weighted by Crippen LogP contribution is -2.36. The first-order valence-electron chi connectivity index (χ1n) is 5.15. The topological polar surface area (TPSA) is 69.6 Å². The van der Waals surface area contributed by atoms with E-state index >= 15 is 0 Å². The second-order valence-electron chi connectivity index (χ2n) is 3.95. The molecule has 0 aliphatic heterocycles. The van der Waals surface area contributed by atoms with Gasteiger partial charge in [-0.2, -0.15) is 0 Å². The first-order valence-corrected chi connectivity index (χ1v) is 6.31. The van der Waals surface area contributed by atoms with Crippen LogP contribution in [0.5, 0.6) is 0 Å². The molecule has 0 aromatic rings. The molecule has 0 aromatic carbocycles. The molecule has 1 atom stereocenters. The highest BCUT2D eigenvalue weighted by Gasteiger charge is 2.08. The van der Waals surface area contributed by atoms with Gasteiger partial charge in [0.05, 0.1) is 11.5 Å². The van der Waals surface area contributed by atoms with Gasteiger partial charge in [0.25, 0.3) is 0 Å². The van der Waals surface area contributed by atoms with E-state index < -0.39 is 5.97 Å². The first-order chi connectivity index (χ1) is 7.41. The fourth-order valence-electron chi connectivity index (χ4n) is 1.07. The molecule has 0 bridgehead atoms. The molecule has 6 heteroatoms. The van der Waals surface area contributed by atoms with Crippen LogP contribution in [-0.2, 0) is 9.59 Å². The molecular weight excluding hydrogens is 228 g/mol. The summed E-state index contributed by atoms with van der Waals surface area (Å²) in [4.78, 5) is 23.6. The highest BCUT2D eigenvalue weighted by Crippen LogP contribution is 1.99. The lowest BCUT2D eigenvalue weighted by molar-refractivity contribution is -0.133. The summed E-state index contributed by atoms with van der Waals surface area (Å²) in [7, 11) is 3.97. The molecule has 2 N–H and O–H groups in total. The van der Waals surface area contributed by atoms with Gasteiger partial charge in [0.2, 0.25) is 5.91 Å². The van der Waals surface area contributed by atoms with Crippen molar-refractivity contribution in [3.05, 3.63) is 0 Å². The summed E-state index contributed by atoms with van der Waals surface area (Å²) in [6.07, 6.45) is 0.891. The Morgan fingerprint density at radius 2 is 2.00 bits per heavy atom. The number of carbonyl (C=O) groups excluding carboxylic acids is 1. The molecule has 0 radical (unpaired) electrons. The Hall–Kier alpha value is -0.750. The van der Waals surface area contributed by atoms with Crippen LogP contribution in [0.25, 0.3) is 0 Å². The Labute approximate surface area is 101 Å². The number of carboxylic acid groups (broad SMARTS) is 1. The maximum Gasteiger partial charge on any atom is 0.313 e. The van der Waals surface area contributed by atoms with E-state index in [4.69, 9.17) is 5.11 Å². The summed E-state index contributed by atoms with van der Waals surface area (Å²) in [5.41, 5.74) is 0. The van der Waals surface area contributed by atoms with Gasteiger partial charge in [-0.05, 0) is 34.0 Å². The maximum absolute atomic E-state index is 11.3. The van der Waals surface area contributed by atoms with E-state index in [1.165, 1.54) is 0 Å². The number of hydrogen-bond donors (Lipinski definition) is 2. The summed E-state index contributed by atoms with van der Waals surface area (Å²) in [6.45, 7) is 2.87. The average molecular weight is 248 g/mol. The van der Waals surface area contributed by atoms with E-state index in [1.807, 2.05) is 21.0 Å². The number of thioether (sulfide) groups is 1. The maximum atomic E-state index is 11.3. The van der Waals surface area contributed by atoms with Crippen LogP contribution < -0.4 is 5.32 Å². The second kappa shape index (κ2) is 8.41. The van der Waals surface area contributed by atoms with Crippen molar-refractivity contribution in [2.45, 2.75) is 19.4 Å². The SMILES string of the molecule is CC(CCN(C)C)NC(=O)CSCC(=O)O.